The van der Waals surface area contributed by atoms with Crippen LogP contribution in [0.4, 0.5) is 0 Å². The molecule has 0 unspecified atom stereocenters. The first kappa shape index (κ1) is 16.6. The number of sulfone groups is 1. The molecule has 0 aromatic carbocycles. The second-order valence-corrected chi connectivity index (χ2v) is 9.04. The first-order valence-corrected chi connectivity index (χ1v) is 8.11. The number of rotatable bonds is 6. The zero-order valence-electron chi connectivity index (χ0n) is 12.0. The Bertz CT molecular complexity index is 359. The van der Waals surface area contributed by atoms with Gasteiger partial charge in [0.15, 0.2) is 0 Å². The maximum absolute atomic E-state index is 12.0. The molecule has 0 aliphatic rings. The van der Waals surface area contributed by atoms with Crippen molar-refractivity contribution in [1.29, 1.82) is 0 Å². The van der Waals surface area contributed by atoms with E-state index in [0.29, 0.717) is 12.8 Å². The normalized spacial score (nSPS) is 13.8. The van der Waals surface area contributed by atoms with Crippen molar-refractivity contribution in [2.75, 3.05) is 12.0 Å². The van der Waals surface area contributed by atoms with Crippen molar-refractivity contribution in [1.82, 2.24) is 0 Å². The van der Waals surface area contributed by atoms with Gasteiger partial charge in [-0.1, -0.05) is 34.6 Å². The van der Waals surface area contributed by atoms with Crippen molar-refractivity contribution in [2.24, 2.45) is 10.8 Å². The molecule has 0 rings (SSSR count). The van der Waals surface area contributed by atoms with Gasteiger partial charge in [-0.05, 0) is 18.3 Å². The van der Waals surface area contributed by atoms with Gasteiger partial charge < -0.3 is 0 Å². The van der Waals surface area contributed by atoms with Gasteiger partial charge in [0, 0.05) is 18.1 Å². The highest BCUT2D eigenvalue weighted by Gasteiger charge is 2.31. The molecule has 0 aromatic rings. The van der Waals surface area contributed by atoms with Crippen LogP contribution in [0.25, 0.3) is 0 Å². The fraction of sp³-hybridized carbons (Fsp3) is 0.923. The van der Waals surface area contributed by atoms with E-state index in [0.717, 1.165) is 6.42 Å². The van der Waals surface area contributed by atoms with Gasteiger partial charge in [-0.3, -0.25) is 4.79 Å². The minimum absolute atomic E-state index is 0.102. The molecule has 0 saturated carbocycles. The number of hydrogen-bond acceptors (Lipinski definition) is 3. The highest BCUT2D eigenvalue weighted by atomic mass is 32.2. The Morgan fingerprint density at radius 2 is 1.53 bits per heavy atom. The highest BCUT2D eigenvalue weighted by molar-refractivity contribution is 7.90. The van der Waals surface area contributed by atoms with Crippen LogP contribution in [0.5, 0.6) is 0 Å². The van der Waals surface area contributed by atoms with Crippen LogP contribution in [0.2, 0.25) is 0 Å². The second kappa shape index (κ2) is 5.51. The number of hydrogen-bond donors (Lipinski definition) is 0. The molecule has 3 nitrogen and oxygen atoms in total. The third-order valence-electron chi connectivity index (χ3n) is 2.65. The molecule has 0 heterocycles. The topological polar surface area (TPSA) is 51.2 Å². The van der Waals surface area contributed by atoms with E-state index >= 15 is 0 Å². The van der Waals surface area contributed by atoms with Crippen molar-refractivity contribution < 1.29 is 13.2 Å². The lowest BCUT2D eigenvalue weighted by Crippen LogP contribution is -2.29. The molecule has 0 bridgehead atoms. The van der Waals surface area contributed by atoms with Crippen molar-refractivity contribution in [3.05, 3.63) is 0 Å². The molecule has 0 atom stereocenters. The molecule has 0 saturated heterocycles. The van der Waals surface area contributed by atoms with E-state index < -0.39 is 9.84 Å². The molecule has 0 aromatic heterocycles. The predicted octanol–water partition coefficient (Wildman–Crippen LogP) is 2.84. The van der Waals surface area contributed by atoms with Crippen LogP contribution in [0.15, 0.2) is 0 Å². The van der Waals surface area contributed by atoms with Crippen molar-refractivity contribution in [3.8, 4) is 0 Å². The van der Waals surface area contributed by atoms with Crippen LogP contribution in [0, 0.1) is 10.8 Å². The van der Waals surface area contributed by atoms with Crippen molar-refractivity contribution >= 4 is 15.6 Å². The summed E-state index contributed by atoms with van der Waals surface area (Å²) in [5.41, 5.74) is -0.258. The van der Waals surface area contributed by atoms with Gasteiger partial charge in [0.25, 0.3) is 0 Å². The van der Waals surface area contributed by atoms with E-state index in [1.807, 2.05) is 13.8 Å². The third kappa shape index (κ3) is 8.36. The molecule has 0 spiro atoms. The van der Waals surface area contributed by atoms with E-state index in [2.05, 4.69) is 20.8 Å². The number of Topliss-reactive ketones (excluding diaryl/α,β-unsaturated/α-hetero) is 1. The molecule has 0 aliphatic heterocycles. The van der Waals surface area contributed by atoms with E-state index in [1.165, 1.54) is 6.26 Å². The maximum Gasteiger partial charge on any atom is 0.147 e. The van der Waals surface area contributed by atoms with E-state index in [4.69, 9.17) is 0 Å². The SMILES string of the molecule is CC(C)(C)CC(C)(C)C(=O)CCCS(C)(=O)=O. The maximum atomic E-state index is 12.0. The first-order valence-electron chi connectivity index (χ1n) is 6.05. The summed E-state index contributed by atoms with van der Waals surface area (Å²) < 4.78 is 22.0. The molecule has 0 amide bonds. The minimum Gasteiger partial charge on any atom is -0.299 e. The lowest BCUT2D eigenvalue weighted by atomic mass is 9.73. The Labute approximate surface area is 106 Å². The monoisotopic (exact) mass is 262 g/mol. The summed E-state index contributed by atoms with van der Waals surface area (Å²) in [6.07, 6.45) is 2.82. The van der Waals surface area contributed by atoms with Crippen LogP contribution >= 0.6 is 0 Å². The summed E-state index contributed by atoms with van der Waals surface area (Å²) in [4.78, 5) is 12.0. The first-order chi connectivity index (χ1) is 7.33. The summed E-state index contributed by atoms with van der Waals surface area (Å²) in [7, 11) is -2.95. The van der Waals surface area contributed by atoms with Gasteiger partial charge in [0.1, 0.15) is 15.6 Å². The molecule has 0 radical (unpaired) electrons. The average molecular weight is 262 g/mol. The summed E-state index contributed by atoms with van der Waals surface area (Å²) in [6, 6.07) is 0. The van der Waals surface area contributed by atoms with Gasteiger partial charge in [-0.25, -0.2) is 8.42 Å². The summed E-state index contributed by atoms with van der Waals surface area (Å²) >= 11 is 0. The van der Waals surface area contributed by atoms with Crippen LogP contribution in [0.3, 0.4) is 0 Å². The molecule has 0 aliphatic carbocycles. The number of carbonyl (C=O) groups is 1. The average Bonchev–Trinajstić information content (AvgIpc) is 1.96. The van der Waals surface area contributed by atoms with Gasteiger partial charge >= 0.3 is 0 Å². The zero-order chi connectivity index (χ0) is 13.9. The fourth-order valence-electron chi connectivity index (χ4n) is 2.26. The summed E-state index contributed by atoms with van der Waals surface area (Å²) in [5.74, 6) is 0.265. The molecule has 4 heteroatoms. The van der Waals surface area contributed by atoms with Crippen molar-refractivity contribution in [2.45, 2.75) is 53.9 Å². The standard InChI is InChI=1S/C13H26O3S/c1-12(2,3)10-13(4,5)11(14)8-7-9-17(6,15)16/h7-10H2,1-6H3. The van der Waals surface area contributed by atoms with Gasteiger partial charge in [-0.2, -0.15) is 0 Å². The van der Waals surface area contributed by atoms with Crippen LogP contribution in [0.1, 0.15) is 53.9 Å². The summed E-state index contributed by atoms with van der Waals surface area (Å²) in [6.45, 7) is 10.2. The van der Waals surface area contributed by atoms with Crippen LogP contribution in [-0.2, 0) is 14.6 Å². The van der Waals surface area contributed by atoms with Gasteiger partial charge in [-0.15, -0.1) is 0 Å². The van der Waals surface area contributed by atoms with E-state index in [9.17, 15) is 13.2 Å². The van der Waals surface area contributed by atoms with E-state index in [-0.39, 0.29) is 22.4 Å². The minimum atomic E-state index is -2.95. The van der Waals surface area contributed by atoms with Crippen molar-refractivity contribution in [3.63, 3.8) is 0 Å². The summed E-state index contributed by atoms with van der Waals surface area (Å²) in [5, 5.41) is 0. The second-order valence-electron chi connectivity index (χ2n) is 6.78. The Balaban J connectivity index is 4.31. The quantitative estimate of drug-likeness (QED) is 0.739. The van der Waals surface area contributed by atoms with Crippen LogP contribution in [-0.4, -0.2) is 26.2 Å². The number of ketones is 1. The Morgan fingerprint density at radius 3 is 1.88 bits per heavy atom. The molecule has 102 valence electrons. The predicted molar refractivity (Wildman–Crippen MR) is 71.8 cm³/mol. The van der Waals surface area contributed by atoms with Gasteiger partial charge in [0.2, 0.25) is 0 Å². The smallest absolute Gasteiger partial charge is 0.147 e. The van der Waals surface area contributed by atoms with Gasteiger partial charge in [0.05, 0.1) is 5.75 Å². The third-order valence-corrected chi connectivity index (χ3v) is 3.68. The molecular formula is C13H26O3S. The Morgan fingerprint density at radius 1 is 1.06 bits per heavy atom. The molecular weight excluding hydrogens is 236 g/mol. The molecule has 17 heavy (non-hydrogen) atoms. The van der Waals surface area contributed by atoms with Crippen LogP contribution < -0.4 is 0 Å². The molecule has 0 fully saturated rings. The van der Waals surface area contributed by atoms with E-state index in [1.54, 1.807) is 0 Å². The lowest BCUT2D eigenvalue weighted by molar-refractivity contribution is -0.128. The Kier molecular flexibility index (Phi) is 5.38. The molecule has 0 N–H and O–H groups in total. The Hall–Kier alpha value is -0.380. The largest absolute Gasteiger partial charge is 0.299 e. The highest BCUT2D eigenvalue weighted by Crippen LogP contribution is 2.34. The zero-order valence-corrected chi connectivity index (χ0v) is 12.8. The fourth-order valence-corrected chi connectivity index (χ4v) is 2.93. The number of carbonyl (C=O) groups excluding carboxylic acids is 1. The lowest BCUT2D eigenvalue weighted by Gasteiger charge is -2.31.